The van der Waals surface area contributed by atoms with Crippen LogP contribution < -0.4 is 9.64 Å². The van der Waals surface area contributed by atoms with Crippen LogP contribution in [0.2, 0.25) is 0 Å². The molecule has 0 saturated carbocycles. The van der Waals surface area contributed by atoms with E-state index >= 15 is 0 Å². The SMILES string of the molecule is CCC1Oc2ccc(C)cc2N(CC(=O)N(Cc2ccccc2)Cc2ccccn2)C1=O. The molecule has 1 aliphatic heterocycles. The van der Waals surface area contributed by atoms with Crippen molar-refractivity contribution in [3.05, 3.63) is 89.7 Å². The van der Waals surface area contributed by atoms with Crippen LogP contribution in [0.25, 0.3) is 0 Å². The lowest BCUT2D eigenvalue weighted by Gasteiger charge is -2.35. The number of amides is 2. The molecular formula is C26H27N3O3. The summed E-state index contributed by atoms with van der Waals surface area (Å²) in [5.41, 5.74) is 3.47. The van der Waals surface area contributed by atoms with Gasteiger partial charge in [-0.25, -0.2) is 0 Å². The zero-order valence-electron chi connectivity index (χ0n) is 18.4. The number of benzene rings is 2. The Morgan fingerprint density at radius 1 is 1.06 bits per heavy atom. The Hall–Kier alpha value is -3.67. The van der Waals surface area contributed by atoms with Crippen molar-refractivity contribution in [1.29, 1.82) is 0 Å². The molecule has 0 spiro atoms. The first-order valence-electron chi connectivity index (χ1n) is 10.9. The predicted octanol–water partition coefficient (Wildman–Crippen LogP) is 4.12. The number of aromatic nitrogens is 1. The van der Waals surface area contributed by atoms with E-state index in [1.807, 2.05) is 80.6 Å². The van der Waals surface area contributed by atoms with Crippen molar-refractivity contribution in [1.82, 2.24) is 9.88 Å². The van der Waals surface area contributed by atoms with Gasteiger partial charge in [-0.15, -0.1) is 0 Å². The summed E-state index contributed by atoms with van der Waals surface area (Å²) in [6.45, 7) is 4.62. The molecule has 0 saturated heterocycles. The third-order valence-electron chi connectivity index (χ3n) is 5.53. The topological polar surface area (TPSA) is 62.7 Å². The maximum atomic E-state index is 13.5. The van der Waals surface area contributed by atoms with Crippen LogP contribution in [-0.4, -0.2) is 34.3 Å². The van der Waals surface area contributed by atoms with Crippen LogP contribution in [0.3, 0.4) is 0 Å². The molecule has 0 fully saturated rings. The van der Waals surface area contributed by atoms with Gasteiger partial charge in [0.15, 0.2) is 6.10 Å². The van der Waals surface area contributed by atoms with E-state index in [9.17, 15) is 9.59 Å². The van der Waals surface area contributed by atoms with Crippen LogP contribution in [0.15, 0.2) is 72.9 Å². The molecule has 2 aromatic carbocycles. The quantitative estimate of drug-likeness (QED) is 0.567. The van der Waals surface area contributed by atoms with Crippen molar-refractivity contribution >= 4 is 17.5 Å². The Morgan fingerprint density at radius 2 is 1.84 bits per heavy atom. The number of carbonyl (C=O) groups excluding carboxylic acids is 2. The smallest absolute Gasteiger partial charge is 0.268 e. The number of nitrogens with zero attached hydrogens (tertiary/aromatic N) is 3. The largest absolute Gasteiger partial charge is 0.478 e. The molecule has 1 aliphatic rings. The zero-order valence-corrected chi connectivity index (χ0v) is 18.4. The fraction of sp³-hybridized carbons (Fsp3) is 0.269. The van der Waals surface area contributed by atoms with Crippen molar-refractivity contribution in [3.8, 4) is 5.75 Å². The lowest BCUT2D eigenvalue weighted by molar-refractivity contribution is -0.134. The normalized spacial score (nSPS) is 15.1. The van der Waals surface area contributed by atoms with Gasteiger partial charge in [0.1, 0.15) is 12.3 Å². The van der Waals surface area contributed by atoms with Crippen LogP contribution >= 0.6 is 0 Å². The van der Waals surface area contributed by atoms with Crippen LogP contribution in [0.4, 0.5) is 5.69 Å². The van der Waals surface area contributed by atoms with Gasteiger partial charge in [-0.1, -0.05) is 49.4 Å². The van der Waals surface area contributed by atoms with Crippen molar-refractivity contribution in [3.63, 3.8) is 0 Å². The number of carbonyl (C=O) groups is 2. The molecule has 3 aromatic rings. The molecule has 0 radical (unpaired) electrons. The number of rotatable bonds is 7. The van der Waals surface area contributed by atoms with E-state index in [2.05, 4.69) is 4.98 Å². The van der Waals surface area contributed by atoms with Gasteiger partial charge in [-0.2, -0.15) is 0 Å². The summed E-state index contributed by atoms with van der Waals surface area (Å²) in [4.78, 5) is 34.3. The number of pyridine rings is 1. The van der Waals surface area contributed by atoms with Crippen LogP contribution in [0, 0.1) is 6.92 Å². The highest BCUT2D eigenvalue weighted by atomic mass is 16.5. The third kappa shape index (κ3) is 4.80. The number of anilines is 1. The zero-order chi connectivity index (χ0) is 22.5. The standard InChI is InChI=1S/C26H27N3O3/c1-3-23-26(31)29(22-15-19(2)12-13-24(22)32-23)18-25(30)28(16-20-9-5-4-6-10-20)17-21-11-7-8-14-27-21/h4-15,23H,3,16-18H2,1-2H3. The predicted molar refractivity (Wildman–Crippen MR) is 123 cm³/mol. The van der Waals surface area contributed by atoms with Crippen molar-refractivity contribution in [2.75, 3.05) is 11.4 Å². The van der Waals surface area contributed by atoms with Crippen molar-refractivity contribution in [2.24, 2.45) is 0 Å². The molecule has 1 unspecified atom stereocenters. The molecule has 1 atom stereocenters. The minimum absolute atomic E-state index is 0.0468. The van der Waals surface area contributed by atoms with Gasteiger partial charge < -0.3 is 9.64 Å². The van der Waals surface area contributed by atoms with Crippen molar-refractivity contribution < 1.29 is 14.3 Å². The van der Waals surface area contributed by atoms with Gasteiger partial charge in [0.25, 0.3) is 5.91 Å². The van der Waals surface area contributed by atoms with Gasteiger partial charge in [0.2, 0.25) is 5.91 Å². The first-order valence-corrected chi connectivity index (χ1v) is 10.9. The second-order valence-corrected chi connectivity index (χ2v) is 7.97. The number of ether oxygens (including phenoxy) is 1. The molecular weight excluding hydrogens is 402 g/mol. The number of hydrogen-bond donors (Lipinski definition) is 0. The highest BCUT2D eigenvalue weighted by Crippen LogP contribution is 2.35. The van der Waals surface area contributed by atoms with E-state index < -0.39 is 6.10 Å². The number of aryl methyl sites for hydroxylation is 1. The molecule has 6 nitrogen and oxygen atoms in total. The first-order chi connectivity index (χ1) is 15.5. The molecule has 6 heteroatoms. The van der Waals surface area contributed by atoms with Gasteiger partial charge in [0, 0.05) is 12.7 Å². The molecule has 2 heterocycles. The monoisotopic (exact) mass is 429 g/mol. The second kappa shape index (κ2) is 9.64. The summed E-state index contributed by atoms with van der Waals surface area (Å²) in [5.74, 6) is 0.308. The minimum Gasteiger partial charge on any atom is -0.478 e. The lowest BCUT2D eigenvalue weighted by atomic mass is 10.1. The van der Waals surface area contributed by atoms with E-state index in [4.69, 9.17) is 4.74 Å². The van der Waals surface area contributed by atoms with E-state index in [0.29, 0.717) is 30.9 Å². The molecule has 0 N–H and O–H groups in total. The lowest BCUT2D eigenvalue weighted by Crippen LogP contribution is -2.50. The Morgan fingerprint density at radius 3 is 2.56 bits per heavy atom. The molecule has 1 aromatic heterocycles. The molecule has 164 valence electrons. The Bertz CT molecular complexity index is 1040. The highest BCUT2D eigenvalue weighted by Gasteiger charge is 2.35. The average molecular weight is 430 g/mol. The Kier molecular flexibility index (Phi) is 6.50. The molecule has 32 heavy (non-hydrogen) atoms. The molecule has 0 aliphatic carbocycles. The summed E-state index contributed by atoms with van der Waals surface area (Å²) in [7, 11) is 0. The second-order valence-electron chi connectivity index (χ2n) is 7.97. The summed E-state index contributed by atoms with van der Waals surface area (Å²) >= 11 is 0. The Balaban J connectivity index is 1.62. The molecule has 4 rings (SSSR count). The highest BCUT2D eigenvalue weighted by molar-refractivity contribution is 6.03. The van der Waals surface area contributed by atoms with Crippen LogP contribution in [-0.2, 0) is 22.7 Å². The third-order valence-corrected chi connectivity index (χ3v) is 5.53. The van der Waals surface area contributed by atoms with Gasteiger partial charge in [0.05, 0.1) is 17.9 Å². The van der Waals surface area contributed by atoms with E-state index in [1.54, 1.807) is 16.0 Å². The maximum absolute atomic E-state index is 13.5. The molecule has 0 bridgehead atoms. The fourth-order valence-corrected chi connectivity index (χ4v) is 3.81. The van der Waals surface area contributed by atoms with Crippen LogP contribution in [0.5, 0.6) is 5.75 Å². The summed E-state index contributed by atoms with van der Waals surface area (Å²) in [5, 5.41) is 0. The van der Waals surface area contributed by atoms with E-state index in [1.165, 1.54) is 0 Å². The van der Waals surface area contributed by atoms with E-state index in [-0.39, 0.29) is 18.4 Å². The van der Waals surface area contributed by atoms with Gasteiger partial charge in [-0.3, -0.25) is 19.5 Å². The van der Waals surface area contributed by atoms with Crippen molar-refractivity contribution in [2.45, 2.75) is 39.5 Å². The summed E-state index contributed by atoms with van der Waals surface area (Å²) in [6.07, 6.45) is 1.67. The van der Waals surface area contributed by atoms with Crippen LogP contribution in [0.1, 0.15) is 30.2 Å². The number of fused-ring (bicyclic) bond motifs is 1. The van der Waals surface area contributed by atoms with E-state index in [0.717, 1.165) is 16.8 Å². The summed E-state index contributed by atoms with van der Waals surface area (Å²) < 4.78 is 5.89. The van der Waals surface area contributed by atoms with Gasteiger partial charge in [-0.05, 0) is 48.7 Å². The minimum atomic E-state index is -0.587. The van der Waals surface area contributed by atoms with Gasteiger partial charge >= 0.3 is 0 Å². The maximum Gasteiger partial charge on any atom is 0.268 e. The fourth-order valence-electron chi connectivity index (χ4n) is 3.81. The molecule has 2 amide bonds. The number of hydrogen-bond acceptors (Lipinski definition) is 4. The summed E-state index contributed by atoms with van der Waals surface area (Å²) in [6, 6.07) is 21.2. The first kappa shape index (κ1) is 21.6. The average Bonchev–Trinajstić information content (AvgIpc) is 2.81. The Labute approximate surface area is 188 Å².